The van der Waals surface area contributed by atoms with Gasteiger partial charge in [0.25, 0.3) is 0 Å². The summed E-state index contributed by atoms with van der Waals surface area (Å²) in [6.45, 7) is 4.45. The highest BCUT2D eigenvalue weighted by Crippen LogP contribution is 2.27. The van der Waals surface area contributed by atoms with Crippen LogP contribution in [0.25, 0.3) is 0 Å². The Labute approximate surface area is 163 Å². The predicted molar refractivity (Wildman–Crippen MR) is 105 cm³/mol. The van der Waals surface area contributed by atoms with Crippen molar-refractivity contribution in [3.05, 3.63) is 0 Å². The molecule has 4 atom stereocenters. The van der Waals surface area contributed by atoms with E-state index >= 15 is 0 Å². The minimum absolute atomic E-state index is 0.0271. The van der Waals surface area contributed by atoms with Gasteiger partial charge in [-0.05, 0) is 19.3 Å². The van der Waals surface area contributed by atoms with Gasteiger partial charge in [0.1, 0.15) is 11.8 Å². The maximum absolute atomic E-state index is 13.2. The summed E-state index contributed by atoms with van der Waals surface area (Å²) >= 11 is 0. The molecule has 7 heteroatoms. The topological polar surface area (TPSA) is 108 Å². The Morgan fingerprint density at radius 2 is 1.81 bits per heavy atom. The second kappa shape index (κ2) is 12.8. The molecule has 0 aliphatic carbocycles. The summed E-state index contributed by atoms with van der Waals surface area (Å²) in [4.78, 5) is 36.7. The zero-order valence-electron chi connectivity index (χ0n) is 17.1. The summed E-state index contributed by atoms with van der Waals surface area (Å²) in [5.41, 5.74) is 5.87. The van der Waals surface area contributed by atoms with E-state index < -0.39 is 23.8 Å². The minimum Gasteiger partial charge on any atom is -0.481 e. The number of hydrogen-bond donors (Lipinski definition) is 4. The van der Waals surface area contributed by atoms with Gasteiger partial charge in [0, 0.05) is 25.4 Å². The Kier molecular flexibility index (Phi) is 11.2. The third-order valence-corrected chi connectivity index (χ3v) is 5.50. The van der Waals surface area contributed by atoms with Crippen molar-refractivity contribution in [2.24, 2.45) is 17.8 Å². The van der Waals surface area contributed by atoms with Crippen molar-refractivity contribution in [2.75, 3.05) is 13.6 Å². The highest BCUT2D eigenvalue weighted by molar-refractivity contribution is 5.92. The number of carbonyl (C=O) groups excluding carboxylic acids is 2. The highest BCUT2D eigenvalue weighted by Gasteiger charge is 2.38. The Hall–Kier alpha value is -1.47. The van der Waals surface area contributed by atoms with Crippen LogP contribution in [-0.2, 0) is 14.4 Å². The van der Waals surface area contributed by atoms with E-state index in [0.717, 1.165) is 19.3 Å². The van der Waals surface area contributed by atoms with Crippen LogP contribution in [0.3, 0.4) is 0 Å². The van der Waals surface area contributed by atoms with Crippen molar-refractivity contribution < 1.29 is 19.5 Å². The van der Waals surface area contributed by atoms with Crippen molar-refractivity contribution in [2.45, 2.75) is 77.7 Å². The molecule has 0 aromatic rings. The molecule has 0 aromatic heterocycles. The molecule has 1 aliphatic heterocycles. The lowest BCUT2D eigenvalue weighted by molar-refractivity contribution is -0.143. The molecular formula is C20H37N3O4. The monoisotopic (exact) mass is 383 g/mol. The number of aliphatic carboxylic acids is 1. The van der Waals surface area contributed by atoms with Crippen molar-refractivity contribution >= 4 is 17.7 Å². The Balaban J connectivity index is 2.74. The fraction of sp³-hybridized carbons (Fsp3) is 0.850. The first-order chi connectivity index (χ1) is 12.9. The fourth-order valence-electron chi connectivity index (χ4n) is 3.77. The van der Waals surface area contributed by atoms with E-state index in [4.69, 9.17) is 0 Å². The van der Waals surface area contributed by atoms with Crippen LogP contribution >= 0.6 is 0 Å². The zero-order valence-corrected chi connectivity index (χ0v) is 17.1. The number of amides is 1. The SMILES string of the molecule is CCCCCCCCC(CC(C)C(=O)O)C(=O)[C@H]1CCNN[C@@H]1C(=O)NC. The van der Waals surface area contributed by atoms with Crippen LogP contribution in [0.1, 0.15) is 71.6 Å². The molecule has 0 saturated carbocycles. The lowest BCUT2D eigenvalue weighted by Crippen LogP contribution is -2.60. The molecule has 1 aliphatic rings. The van der Waals surface area contributed by atoms with Gasteiger partial charge in [-0.25, -0.2) is 5.43 Å². The number of carbonyl (C=O) groups is 3. The molecule has 0 bridgehead atoms. The largest absolute Gasteiger partial charge is 0.481 e. The van der Waals surface area contributed by atoms with Crippen LogP contribution in [0.5, 0.6) is 0 Å². The Morgan fingerprint density at radius 1 is 1.15 bits per heavy atom. The number of likely N-dealkylation sites (N-methyl/N-ethyl adjacent to an activating group) is 1. The van der Waals surface area contributed by atoms with Gasteiger partial charge in [-0.1, -0.05) is 52.4 Å². The van der Waals surface area contributed by atoms with Gasteiger partial charge >= 0.3 is 5.97 Å². The van der Waals surface area contributed by atoms with E-state index in [0.29, 0.717) is 25.8 Å². The molecule has 156 valence electrons. The third-order valence-electron chi connectivity index (χ3n) is 5.50. The number of carboxylic acid groups (broad SMARTS) is 1. The number of Topliss-reactive ketones (excluding diaryl/α,β-unsaturated/α-hetero) is 1. The summed E-state index contributed by atoms with van der Waals surface area (Å²) in [5, 5.41) is 11.9. The van der Waals surface area contributed by atoms with E-state index in [9.17, 15) is 19.5 Å². The molecule has 1 fully saturated rings. The number of unbranched alkanes of at least 4 members (excludes halogenated alkanes) is 5. The fourth-order valence-corrected chi connectivity index (χ4v) is 3.77. The van der Waals surface area contributed by atoms with Crippen molar-refractivity contribution in [1.29, 1.82) is 0 Å². The second-order valence-electron chi connectivity index (χ2n) is 7.69. The Morgan fingerprint density at radius 3 is 2.44 bits per heavy atom. The smallest absolute Gasteiger partial charge is 0.306 e. The zero-order chi connectivity index (χ0) is 20.2. The molecule has 0 radical (unpaired) electrons. The molecule has 0 aromatic carbocycles. The van der Waals surface area contributed by atoms with E-state index in [1.54, 1.807) is 14.0 Å². The lowest BCUT2D eigenvalue weighted by atomic mass is 9.78. The van der Waals surface area contributed by atoms with Crippen LogP contribution in [0.15, 0.2) is 0 Å². The number of hydrogen-bond acceptors (Lipinski definition) is 5. The molecular weight excluding hydrogens is 346 g/mol. The minimum atomic E-state index is -0.873. The maximum atomic E-state index is 13.2. The average molecular weight is 384 g/mol. The summed E-state index contributed by atoms with van der Waals surface area (Å²) in [7, 11) is 1.56. The molecule has 0 spiro atoms. The van der Waals surface area contributed by atoms with Crippen LogP contribution < -0.4 is 16.2 Å². The summed E-state index contributed by atoms with van der Waals surface area (Å²) in [6, 6.07) is -0.608. The molecule has 1 saturated heterocycles. The quantitative estimate of drug-likeness (QED) is 0.363. The van der Waals surface area contributed by atoms with Crippen LogP contribution in [0, 0.1) is 17.8 Å². The van der Waals surface area contributed by atoms with Crippen molar-refractivity contribution in [3.63, 3.8) is 0 Å². The lowest BCUT2D eigenvalue weighted by Gasteiger charge is -2.33. The predicted octanol–water partition coefficient (Wildman–Crippen LogP) is 2.26. The third kappa shape index (κ3) is 7.97. The van der Waals surface area contributed by atoms with Crippen molar-refractivity contribution in [1.82, 2.24) is 16.2 Å². The highest BCUT2D eigenvalue weighted by atomic mass is 16.4. The number of ketones is 1. The van der Waals surface area contributed by atoms with Gasteiger partial charge < -0.3 is 10.4 Å². The van der Waals surface area contributed by atoms with Crippen LogP contribution in [0.2, 0.25) is 0 Å². The first-order valence-electron chi connectivity index (χ1n) is 10.4. The first kappa shape index (κ1) is 23.6. The number of carboxylic acids is 1. The van der Waals surface area contributed by atoms with Gasteiger partial charge in [-0.2, -0.15) is 0 Å². The van der Waals surface area contributed by atoms with Gasteiger partial charge in [-0.3, -0.25) is 19.8 Å². The number of nitrogens with one attached hydrogen (secondary N) is 3. The summed E-state index contributed by atoms with van der Waals surface area (Å²) in [6.07, 6.45) is 8.40. The number of hydrazine groups is 1. The normalized spacial score (nSPS) is 22.0. The van der Waals surface area contributed by atoms with E-state index in [-0.39, 0.29) is 17.6 Å². The molecule has 1 rings (SSSR count). The van der Waals surface area contributed by atoms with Gasteiger partial charge in [-0.15, -0.1) is 0 Å². The van der Waals surface area contributed by atoms with E-state index in [2.05, 4.69) is 23.1 Å². The molecule has 27 heavy (non-hydrogen) atoms. The number of rotatable bonds is 13. The summed E-state index contributed by atoms with van der Waals surface area (Å²) in [5.74, 6) is -2.35. The van der Waals surface area contributed by atoms with Gasteiger partial charge in [0.05, 0.1) is 5.92 Å². The van der Waals surface area contributed by atoms with Crippen LogP contribution in [0.4, 0.5) is 0 Å². The molecule has 1 heterocycles. The van der Waals surface area contributed by atoms with Crippen molar-refractivity contribution in [3.8, 4) is 0 Å². The van der Waals surface area contributed by atoms with Crippen LogP contribution in [-0.4, -0.2) is 42.4 Å². The molecule has 1 amide bonds. The standard InChI is InChI=1S/C20H37N3O4/c1-4-5-6-7-8-9-10-15(13-14(2)20(26)27)18(24)16-11-12-22-23-17(16)19(25)21-3/h14-17,22-23H,4-13H2,1-3H3,(H,21,25)(H,26,27)/t14?,15?,16-,17-/m0/s1. The second-order valence-corrected chi connectivity index (χ2v) is 7.69. The average Bonchev–Trinajstić information content (AvgIpc) is 2.68. The molecule has 2 unspecified atom stereocenters. The summed E-state index contributed by atoms with van der Waals surface area (Å²) < 4.78 is 0. The Bertz CT molecular complexity index is 484. The first-order valence-corrected chi connectivity index (χ1v) is 10.4. The maximum Gasteiger partial charge on any atom is 0.306 e. The van der Waals surface area contributed by atoms with Gasteiger partial charge in [0.2, 0.25) is 5.91 Å². The molecule has 4 N–H and O–H groups in total. The molecule has 7 nitrogen and oxygen atoms in total. The van der Waals surface area contributed by atoms with E-state index in [1.165, 1.54) is 19.3 Å². The van der Waals surface area contributed by atoms with E-state index in [1.807, 2.05) is 0 Å². The van der Waals surface area contributed by atoms with Gasteiger partial charge in [0.15, 0.2) is 0 Å².